The number of hydrogen-bond acceptors (Lipinski definition) is 3. The predicted octanol–water partition coefficient (Wildman–Crippen LogP) is 2.00. The molecule has 0 aromatic heterocycles. The number of halogens is 3. The molecule has 0 spiro atoms. The minimum Gasteiger partial charge on any atom is -0.300 e. The van der Waals surface area contributed by atoms with Gasteiger partial charge in [0.15, 0.2) is 0 Å². The lowest BCUT2D eigenvalue weighted by molar-refractivity contribution is 0.370. The highest BCUT2D eigenvalue weighted by Crippen LogP contribution is 2.30. The fourth-order valence-electron chi connectivity index (χ4n) is 2.24. The van der Waals surface area contributed by atoms with Gasteiger partial charge in [-0.15, -0.1) is 33.2 Å². The van der Waals surface area contributed by atoms with Gasteiger partial charge in [0.1, 0.15) is 0 Å². The maximum Gasteiger partial charge on any atom is 0.282 e. The molecule has 3 nitrogen and oxygen atoms in total. The molecule has 108 valence electrons. The van der Waals surface area contributed by atoms with Crippen LogP contribution in [0.15, 0.2) is 0 Å². The molecule has 0 bridgehead atoms. The summed E-state index contributed by atoms with van der Waals surface area (Å²) in [6, 6.07) is 1.19. The van der Waals surface area contributed by atoms with E-state index in [2.05, 4.69) is 54.2 Å². The van der Waals surface area contributed by atoms with E-state index < -0.39 is 25.3 Å². The summed E-state index contributed by atoms with van der Waals surface area (Å²) in [6.07, 6.45) is 0. The molecule has 1 saturated heterocycles. The summed E-state index contributed by atoms with van der Waals surface area (Å²) in [7, 11) is -5.04. The Morgan fingerprint density at radius 3 is 0.833 bits per heavy atom. The van der Waals surface area contributed by atoms with Crippen molar-refractivity contribution in [2.24, 2.45) is 0 Å². The fourth-order valence-corrected chi connectivity index (χ4v) is 24.1. The summed E-state index contributed by atoms with van der Waals surface area (Å²) in [5, 5.41) is 0. The molecule has 1 fully saturated rings. The van der Waals surface area contributed by atoms with Crippen molar-refractivity contribution in [3.05, 3.63) is 0 Å². The second-order valence-electron chi connectivity index (χ2n) is 5.55. The quantitative estimate of drug-likeness (QED) is 0.560. The van der Waals surface area contributed by atoms with Crippen LogP contribution in [0.1, 0.15) is 41.5 Å². The first-order chi connectivity index (χ1) is 8.20. The van der Waals surface area contributed by atoms with E-state index >= 15 is 0 Å². The highest BCUT2D eigenvalue weighted by Gasteiger charge is 2.49. The lowest BCUT2D eigenvalue weighted by Crippen LogP contribution is -2.76. The van der Waals surface area contributed by atoms with Gasteiger partial charge < -0.3 is 12.7 Å². The number of rotatable bonds is 3. The Morgan fingerprint density at radius 2 is 0.722 bits per heavy atom. The number of hydrogen-bond donors (Lipinski definition) is 0. The van der Waals surface area contributed by atoms with Gasteiger partial charge in [0, 0.05) is 0 Å². The molecular formula is C9H24Cl3N3Si3. The third kappa shape index (κ3) is 3.35. The van der Waals surface area contributed by atoms with E-state index in [0.717, 1.165) is 0 Å². The van der Waals surface area contributed by atoms with Crippen molar-refractivity contribution < 1.29 is 0 Å². The van der Waals surface area contributed by atoms with E-state index in [1.165, 1.54) is 0 Å². The molecule has 0 unspecified atom stereocenters. The first-order valence-electron chi connectivity index (χ1n) is 6.44. The van der Waals surface area contributed by atoms with Crippen molar-refractivity contribution in [3.8, 4) is 0 Å². The summed E-state index contributed by atoms with van der Waals surface area (Å²) < 4.78 is 7.15. The molecule has 1 aliphatic rings. The summed E-state index contributed by atoms with van der Waals surface area (Å²) in [4.78, 5) is 0. The molecule has 0 aromatic carbocycles. The van der Waals surface area contributed by atoms with Gasteiger partial charge >= 0.3 is 0 Å². The highest BCUT2D eigenvalue weighted by molar-refractivity contribution is 7.25. The second-order valence-corrected chi connectivity index (χ2v) is 16.3. The molecule has 0 N–H and O–H groups in total. The lowest BCUT2D eigenvalue weighted by atomic mass is 10.4. The van der Waals surface area contributed by atoms with Crippen LogP contribution in [0.5, 0.6) is 0 Å². The van der Waals surface area contributed by atoms with Gasteiger partial charge in [-0.1, -0.05) is 41.5 Å². The van der Waals surface area contributed by atoms with Crippen LogP contribution in [0, 0.1) is 0 Å². The first kappa shape index (κ1) is 17.5. The molecule has 9 heteroatoms. The fraction of sp³-hybridized carbons (Fsp3) is 1.00. The van der Waals surface area contributed by atoms with Crippen LogP contribution in [0.2, 0.25) is 0 Å². The molecule has 0 aliphatic carbocycles. The lowest BCUT2D eigenvalue weighted by Gasteiger charge is -2.54. The van der Waals surface area contributed by atoms with Crippen molar-refractivity contribution in [1.29, 1.82) is 0 Å². The zero-order valence-corrected chi connectivity index (χ0v) is 17.7. The molecule has 0 radical (unpaired) electrons. The average molecular weight is 365 g/mol. The molecule has 0 amide bonds. The zero-order valence-electron chi connectivity index (χ0n) is 11.9. The Morgan fingerprint density at radius 1 is 0.556 bits per heavy atom. The van der Waals surface area contributed by atoms with Crippen molar-refractivity contribution in [3.63, 3.8) is 0 Å². The van der Waals surface area contributed by atoms with Gasteiger partial charge in [0.05, 0.1) is 0 Å². The van der Waals surface area contributed by atoms with E-state index in [1.54, 1.807) is 0 Å². The summed E-state index contributed by atoms with van der Waals surface area (Å²) >= 11 is 20.3. The topological polar surface area (TPSA) is 9.72 Å². The minimum absolute atomic E-state index is 0.397. The second kappa shape index (κ2) is 6.91. The Hall–Kier alpha value is 1.40. The van der Waals surface area contributed by atoms with E-state index in [0.29, 0.717) is 18.1 Å². The minimum atomic E-state index is -1.68. The SMILES string of the molecule is CC(C)N1[SiH](Cl)N(C(C)C)[SiH](Cl)N(C(C)C)[SiH]1Cl. The molecule has 1 rings (SSSR count). The first-order valence-corrected chi connectivity index (χ1v) is 14.8. The van der Waals surface area contributed by atoms with Crippen molar-refractivity contribution >= 4 is 58.5 Å². The molecule has 0 saturated carbocycles. The van der Waals surface area contributed by atoms with Gasteiger partial charge in [-0.25, -0.2) is 0 Å². The largest absolute Gasteiger partial charge is 0.300 e. The van der Waals surface area contributed by atoms with Crippen LogP contribution in [0.3, 0.4) is 0 Å². The van der Waals surface area contributed by atoms with Gasteiger partial charge in [0.25, 0.3) is 25.3 Å². The highest BCUT2D eigenvalue weighted by atomic mass is 35.6. The standard InChI is InChI=1S/C9H24Cl3N3Si3/c1-7(2)13-16(10)14(8(3)4)18(12)15(9(5)6)17(13)11/h7-9,16-18H,1-6H3. The van der Waals surface area contributed by atoms with Gasteiger partial charge in [-0.2, -0.15) is 0 Å². The molecule has 0 aromatic rings. The molecule has 0 atom stereocenters. The summed E-state index contributed by atoms with van der Waals surface area (Å²) in [6.45, 7) is 13.1. The van der Waals surface area contributed by atoms with Crippen LogP contribution in [0.25, 0.3) is 0 Å². The molecular weight excluding hydrogens is 341 g/mol. The number of nitrogens with zero attached hydrogens (tertiary/aromatic N) is 3. The van der Waals surface area contributed by atoms with E-state index in [-0.39, 0.29) is 0 Å². The van der Waals surface area contributed by atoms with Crippen molar-refractivity contribution in [2.75, 3.05) is 0 Å². The van der Waals surface area contributed by atoms with Crippen LogP contribution in [-0.4, -0.2) is 56.1 Å². The molecule has 18 heavy (non-hydrogen) atoms. The smallest absolute Gasteiger partial charge is 0.282 e. The summed E-state index contributed by atoms with van der Waals surface area (Å²) in [5.41, 5.74) is 0. The van der Waals surface area contributed by atoms with Crippen molar-refractivity contribution in [1.82, 2.24) is 12.7 Å². The Labute approximate surface area is 130 Å². The maximum absolute atomic E-state index is 6.76. The van der Waals surface area contributed by atoms with Crippen LogP contribution in [0.4, 0.5) is 0 Å². The molecule has 1 heterocycles. The average Bonchev–Trinajstić information content (AvgIpc) is 2.14. The van der Waals surface area contributed by atoms with E-state index in [1.807, 2.05) is 0 Å². The maximum atomic E-state index is 6.76. The van der Waals surface area contributed by atoms with Crippen LogP contribution >= 0.6 is 33.2 Å². The van der Waals surface area contributed by atoms with Gasteiger partial charge in [0.2, 0.25) is 0 Å². The summed E-state index contributed by atoms with van der Waals surface area (Å²) in [5.74, 6) is 0. The third-order valence-electron chi connectivity index (χ3n) is 3.26. The monoisotopic (exact) mass is 363 g/mol. The zero-order chi connectivity index (χ0) is 14.2. The van der Waals surface area contributed by atoms with Gasteiger partial charge in [-0.05, 0) is 18.1 Å². The molecule has 1 aliphatic heterocycles. The van der Waals surface area contributed by atoms with Crippen LogP contribution < -0.4 is 0 Å². The van der Waals surface area contributed by atoms with E-state index in [4.69, 9.17) is 33.2 Å². The van der Waals surface area contributed by atoms with Crippen LogP contribution in [-0.2, 0) is 0 Å². The van der Waals surface area contributed by atoms with E-state index in [9.17, 15) is 0 Å². The Bertz CT molecular complexity index is 228. The Balaban J connectivity index is 3.10. The van der Waals surface area contributed by atoms with Crippen molar-refractivity contribution in [2.45, 2.75) is 59.7 Å². The van der Waals surface area contributed by atoms with Gasteiger partial charge in [-0.3, -0.25) is 0 Å². The Kier molecular flexibility index (Phi) is 6.70. The third-order valence-corrected chi connectivity index (χ3v) is 22.3. The predicted molar refractivity (Wildman–Crippen MR) is 89.9 cm³/mol. The normalized spacial score (nSPS) is 33.0.